The molecule has 1 aromatic rings. The van der Waals surface area contributed by atoms with Crippen molar-refractivity contribution in [2.45, 2.75) is 32.2 Å². The molecule has 1 N–H and O–H groups in total. The molecule has 0 amide bonds. The Morgan fingerprint density at radius 2 is 1.78 bits per heavy atom. The number of hydrogen-bond acceptors (Lipinski definition) is 3. The van der Waals surface area contributed by atoms with E-state index in [2.05, 4.69) is 31.3 Å². The van der Waals surface area contributed by atoms with Gasteiger partial charge in [-0.1, -0.05) is 44.2 Å². The van der Waals surface area contributed by atoms with Gasteiger partial charge in [0.2, 0.25) is 0 Å². The topological polar surface area (TPSA) is 46.2 Å². The molecule has 0 saturated heterocycles. The van der Waals surface area contributed by atoms with Crippen LogP contribution in [0.5, 0.6) is 0 Å². The quantitative estimate of drug-likeness (QED) is 0.825. The molecule has 1 atom stereocenters. The summed E-state index contributed by atoms with van der Waals surface area (Å²) in [5.41, 5.74) is 1.20. The molecule has 102 valence electrons. The highest BCUT2D eigenvalue weighted by atomic mass is 32.2. The van der Waals surface area contributed by atoms with E-state index in [0.29, 0.717) is 12.5 Å². The minimum Gasteiger partial charge on any atom is -0.314 e. The van der Waals surface area contributed by atoms with Crippen LogP contribution in [0.15, 0.2) is 30.3 Å². The third kappa shape index (κ3) is 6.17. The van der Waals surface area contributed by atoms with E-state index >= 15 is 0 Å². The van der Waals surface area contributed by atoms with Crippen molar-refractivity contribution in [1.82, 2.24) is 5.32 Å². The van der Waals surface area contributed by atoms with Crippen LogP contribution in [-0.4, -0.2) is 33.0 Å². The van der Waals surface area contributed by atoms with Crippen molar-refractivity contribution in [3.63, 3.8) is 0 Å². The van der Waals surface area contributed by atoms with Crippen LogP contribution in [0.4, 0.5) is 0 Å². The summed E-state index contributed by atoms with van der Waals surface area (Å²) >= 11 is 0. The van der Waals surface area contributed by atoms with E-state index in [0.717, 1.165) is 6.54 Å². The zero-order valence-electron chi connectivity index (χ0n) is 11.4. The molecule has 4 heteroatoms. The number of benzene rings is 1. The van der Waals surface area contributed by atoms with E-state index in [1.165, 1.54) is 11.8 Å². The molecule has 0 aliphatic rings. The van der Waals surface area contributed by atoms with Crippen LogP contribution in [0.25, 0.3) is 0 Å². The molecule has 0 radical (unpaired) electrons. The van der Waals surface area contributed by atoms with Gasteiger partial charge in [0.15, 0.2) is 0 Å². The summed E-state index contributed by atoms with van der Waals surface area (Å²) in [6, 6.07) is 10.5. The van der Waals surface area contributed by atoms with Crippen LogP contribution in [0.3, 0.4) is 0 Å². The standard InChI is InChI=1S/C14H23NO2S/c1-12(2)15-11-14(9-10-18(3,16)17)13-7-5-4-6-8-13/h4-8,12,14-15H,9-11H2,1-3H3. The first-order valence-corrected chi connectivity index (χ1v) is 8.40. The maximum absolute atomic E-state index is 11.3. The molecule has 3 nitrogen and oxygen atoms in total. The fourth-order valence-electron chi connectivity index (χ4n) is 1.85. The Hall–Kier alpha value is -0.870. The molecule has 0 spiro atoms. The average Bonchev–Trinajstić information content (AvgIpc) is 2.28. The fraction of sp³-hybridized carbons (Fsp3) is 0.571. The summed E-state index contributed by atoms with van der Waals surface area (Å²) in [4.78, 5) is 0. The van der Waals surface area contributed by atoms with Gasteiger partial charge < -0.3 is 5.32 Å². The van der Waals surface area contributed by atoms with Crippen LogP contribution < -0.4 is 5.32 Å². The Balaban J connectivity index is 2.69. The third-order valence-electron chi connectivity index (χ3n) is 2.88. The number of sulfone groups is 1. The van der Waals surface area contributed by atoms with Gasteiger partial charge in [-0.05, 0) is 17.9 Å². The molecule has 1 rings (SSSR count). The predicted octanol–water partition coefficient (Wildman–Crippen LogP) is 2.20. The van der Waals surface area contributed by atoms with Crippen molar-refractivity contribution in [2.75, 3.05) is 18.6 Å². The maximum atomic E-state index is 11.3. The highest BCUT2D eigenvalue weighted by Gasteiger charge is 2.14. The van der Waals surface area contributed by atoms with E-state index < -0.39 is 9.84 Å². The Labute approximate surface area is 111 Å². The summed E-state index contributed by atoms with van der Waals surface area (Å²) in [7, 11) is -2.89. The second-order valence-corrected chi connectivity index (χ2v) is 7.35. The lowest BCUT2D eigenvalue weighted by Gasteiger charge is -2.19. The van der Waals surface area contributed by atoms with Gasteiger partial charge in [-0.3, -0.25) is 0 Å². The zero-order chi connectivity index (χ0) is 13.6. The van der Waals surface area contributed by atoms with Gasteiger partial charge in [-0.2, -0.15) is 0 Å². The predicted molar refractivity (Wildman–Crippen MR) is 76.6 cm³/mol. The van der Waals surface area contributed by atoms with E-state index in [4.69, 9.17) is 0 Å². The summed E-state index contributed by atoms with van der Waals surface area (Å²) in [6.07, 6.45) is 1.97. The minimum absolute atomic E-state index is 0.242. The molecule has 0 saturated carbocycles. The van der Waals surface area contributed by atoms with E-state index in [1.807, 2.05) is 18.2 Å². The Morgan fingerprint density at radius 1 is 1.17 bits per heavy atom. The van der Waals surface area contributed by atoms with Gasteiger partial charge in [0.25, 0.3) is 0 Å². The molecular weight excluding hydrogens is 246 g/mol. The third-order valence-corrected chi connectivity index (χ3v) is 3.86. The molecule has 0 aliphatic carbocycles. The van der Waals surface area contributed by atoms with Crippen molar-refractivity contribution in [3.8, 4) is 0 Å². The van der Waals surface area contributed by atoms with Crippen molar-refractivity contribution >= 4 is 9.84 Å². The summed E-state index contributed by atoms with van der Waals surface area (Å²) in [6.45, 7) is 5.01. The Morgan fingerprint density at radius 3 is 2.28 bits per heavy atom. The lowest BCUT2D eigenvalue weighted by atomic mass is 9.96. The van der Waals surface area contributed by atoms with Gasteiger partial charge in [0.05, 0.1) is 5.75 Å². The summed E-state index contributed by atoms with van der Waals surface area (Å²) < 4.78 is 22.6. The molecule has 1 aromatic carbocycles. The average molecular weight is 269 g/mol. The van der Waals surface area contributed by atoms with Crippen LogP contribution in [0, 0.1) is 0 Å². The Bertz CT molecular complexity index is 440. The lowest BCUT2D eigenvalue weighted by molar-refractivity contribution is 0.517. The minimum atomic E-state index is -2.89. The number of rotatable bonds is 7. The van der Waals surface area contributed by atoms with Crippen molar-refractivity contribution in [2.24, 2.45) is 0 Å². The van der Waals surface area contributed by atoms with E-state index in [-0.39, 0.29) is 11.7 Å². The Kier molecular flexibility index (Phi) is 5.82. The van der Waals surface area contributed by atoms with Gasteiger partial charge in [-0.15, -0.1) is 0 Å². The number of hydrogen-bond donors (Lipinski definition) is 1. The lowest BCUT2D eigenvalue weighted by Crippen LogP contribution is -2.28. The monoisotopic (exact) mass is 269 g/mol. The smallest absolute Gasteiger partial charge is 0.147 e. The molecular formula is C14H23NO2S. The molecule has 0 bridgehead atoms. The molecule has 1 unspecified atom stereocenters. The second-order valence-electron chi connectivity index (χ2n) is 5.09. The zero-order valence-corrected chi connectivity index (χ0v) is 12.2. The first-order valence-electron chi connectivity index (χ1n) is 6.34. The molecule has 0 heterocycles. The van der Waals surface area contributed by atoms with Crippen LogP contribution in [0.1, 0.15) is 31.7 Å². The second kappa shape index (κ2) is 6.90. The summed E-state index contributed by atoms with van der Waals surface area (Å²) in [5.74, 6) is 0.495. The molecule has 0 aromatic heterocycles. The first kappa shape index (κ1) is 15.2. The van der Waals surface area contributed by atoms with Crippen LogP contribution in [-0.2, 0) is 9.84 Å². The molecule has 0 aliphatic heterocycles. The van der Waals surface area contributed by atoms with Crippen LogP contribution in [0.2, 0.25) is 0 Å². The molecule has 18 heavy (non-hydrogen) atoms. The fourth-order valence-corrected chi connectivity index (χ4v) is 2.56. The summed E-state index contributed by atoms with van der Waals surface area (Å²) in [5, 5.41) is 3.39. The number of nitrogens with one attached hydrogen (secondary N) is 1. The van der Waals surface area contributed by atoms with Crippen molar-refractivity contribution in [1.29, 1.82) is 0 Å². The van der Waals surface area contributed by atoms with E-state index in [1.54, 1.807) is 0 Å². The molecule has 0 fully saturated rings. The van der Waals surface area contributed by atoms with Crippen molar-refractivity contribution in [3.05, 3.63) is 35.9 Å². The largest absolute Gasteiger partial charge is 0.314 e. The first-order chi connectivity index (χ1) is 8.38. The van der Waals surface area contributed by atoms with Crippen molar-refractivity contribution < 1.29 is 8.42 Å². The van der Waals surface area contributed by atoms with Crippen LogP contribution >= 0.6 is 0 Å². The highest BCUT2D eigenvalue weighted by Crippen LogP contribution is 2.19. The van der Waals surface area contributed by atoms with Gasteiger partial charge in [0.1, 0.15) is 9.84 Å². The SMILES string of the molecule is CC(C)NCC(CCS(C)(=O)=O)c1ccccc1. The normalized spacial score (nSPS) is 13.8. The van der Waals surface area contributed by atoms with Gasteiger partial charge in [-0.25, -0.2) is 8.42 Å². The van der Waals surface area contributed by atoms with Gasteiger partial charge >= 0.3 is 0 Å². The highest BCUT2D eigenvalue weighted by molar-refractivity contribution is 7.90. The van der Waals surface area contributed by atoms with Gasteiger partial charge in [0, 0.05) is 18.8 Å². The van der Waals surface area contributed by atoms with E-state index in [9.17, 15) is 8.42 Å². The maximum Gasteiger partial charge on any atom is 0.147 e.